The first-order valence-corrected chi connectivity index (χ1v) is 13.1. The molecule has 1 aliphatic heterocycles. The second-order valence-electron chi connectivity index (χ2n) is 9.49. The van der Waals surface area contributed by atoms with E-state index in [0.29, 0.717) is 47.3 Å². The zero-order chi connectivity index (χ0) is 28.1. The van der Waals surface area contributed by atoms with Crippen molar-refractivity contribution >= 4 is 21.7 Å². The van der Waals surface area contributed by atoms with Crippen LogP contribution in [0.3, 0.4) is 0 Å². The second-order valence-corrected chi connectivity index (χ2v) is 9.49. The molecule has 4 aromatic rings. The SMILES string of the molecule is COc1cc2cc3c(Cc4cc(OC)c(OC)c(OC)c4)c(C#N)cnc3cc2cc1OCCN1CCOCC1. The molecule has 0 aliphatic carbocycles. The fourth-order valence-corrected chi connectivity index (χ4v) is 5.11. The normalized spacial score (nSPS) is 13.7. The van der Waals surface area contributed by atoms with Crippen molar-refractivity contribution in [2.75, 3.05) is 67.9 Å². The average Bonchev–Trinajstić information content (AvgIpc) is 2.99. The molecule has 0 N–H and O–H groups in total. The summed E-state index contributed by atoms with van der Waals surface area (Å²) in [7, 11) is 6.39. The molecular weight excluding hydrogens is 510 g/mol. The largest absolute Gasteiger partial charge is 0.493 e. The molecule has 9 heteroatoms. The summed E-state index contributed by atoms with van der Waals surface area (Å²) in [6, 6.07) is 14.2. The van der Waals surface area contributed by atoms with Gasteiger partial charge in [-0.15, -0.1) is 0 Å². The Labute approximate surface area is 233 Å². The molecule has 40 heavy (non-hydrogen) atoms. The van der Waals surface area contributed by atoms with Crippen molar-refractivity contribution in [2.45, 2.75) is 6.42 Å². The van der Waals surface area contributed by atoms with Crippen molar-refractivity contribution in [1.29, 1.82) is 5.26 Å². The molecule has 9 nitrogen and oxygen atoms in total. The van der Waals surface area contributed by atoms with Gasteiger partial charge in [0.1, 0.15) is 12.7 Å². The lowest BCUT2D eigenvalue weighted by molar-refractivity contribution is 0.0321. The number of fused-ring (bicyclic) bond motifs is 2. The highest BCUT2D eigenvalue weighted by atomic mass is 16.5. The van der Waals surface area contributed by atoms with E-state index in [9.17, 15) is 5.26 Å². The van der Waals surface area contributed by atoms with Gasteiger partial charge >= 0.3 is 0 Å². The molecule has 2 heterocycles. The van der Waals surface area contributed by atoms with Crippen LogP contribution in [-0.2, 0) is 11.2 Å². The van der Waals surface area contributed by atoms with E-state index in [4.69, 9.17) is 28.4 Å². The highest BCUT2D eigenvalue weighted by Gasteiger charge is 2.18. The van der Waals surface area contributed by atoms with Crippen molar-refractivity contribution in [2.24, 2.45) is 0 Å². The van der Waals surface area contributed by atoms with Crippen LogP contribution in [0.2, 0.25) is 0 Å². The molecule has 3 aromatic carbocycles. The Morgan fingerprint density at radius 1 is 0.850 bits per heavy atom. The molecule has 0 bridgehead atoms. The van der Waals surface area contributed by atoms with E-state index in [0.717, 1.165) is 65.7 Å². The Balaban J connectivity index is 1.51. The Hall–Kier alpha value is -4.26. The van der Waals surface area contributed by atoms with Gasteiger partial charge in [-0.25, -0.2) is 0 Å². The van der Waals surface area contributed by atoms with Gasteiger partial charge in [-0.2, -0.15) is 5.26 Å². The lowest BCUT2D eigenvalue weighted by atomic mass is 9.95. The first-order chi connectivity index (χ1) is 19.6. The van der Waals surface area contributed by atoms with Gasteiger partial charge in [0.2, 0.25) is 5.75 Å². The Kier molecular flexibility index (Phi) is 8.39. The lowest BCUT2D eigenvalue weighted by Crippen LogP contribution is -2.38. The number of hydrogen-bond donors (Lipinski definition) is 0. The van der Waals surface area contributed by atoms with Gasteiger partial charge in [0.05, 0.1) is 52.7 Å². The summed E-state index contributed by atoms with van der Waals surface area (Å²) in [6.45, 7) is 4.73. The number of morpholine rings is 1. The zero-order valence-corrected chi connectivity index (χ0v) is 23.3. The number of nitriles is 1. The van der Waals surface area contributed by atoms with Gasteiger partial charge in [-0.05, 0) is 64.7 Å². The molecular formula is C31H33N3O6. The van der Waals surface area contributed by atoms with Crippen LogP contribution in [0.15, 0.2) is 42.6 Å². The molecule has 1 fully saturated rings. The number of benzene rings is 3. The Morgan fingerprint density at radius 2 is 1.52 bits per heavy atom. The molecule has 0 spiro atoms. The van der Waals surface area contributed by atoms with Crippen LogP contribution in [0.4, 0.5) is 0 Å². The van der Waals surface area contributed by atoms with Crippen LogP contribution in [-0.4, -0.2) is 77.8 Å². The first-order valence-electron chi connectivity index (χ1n) is 13.1. The molecule has 1 aliphatic rings. The van der Waals surface area contributed by atoms with Crippen LogP contribution in [0.25, 0.3) is 21.7 Å². The maximum absolute atomic E-state index is 9.94. The third-order valence-electron chi connectivity index (χ3n) is 7.21. The second kappa shape index (κ2) is 12.3. The summed E-state index contributed by atoms with van der Waals surface area (Å²) < 4.78 is 33.8. The van der Waals surface area contributed by atoms with Crippen LogP contribution in [0.1, 0.15) is 16.7 Å². The van der Waals surface area contributed by atoms with Crippen LogP contribution in [0.5, 0.6) is 28.7 Å². The molecule has 0 radical (unpaired) electrons. The summed E-state index contributed by atoms with van der Waals surface area (Å²) in [5.41, 5.74) is 3.09. The molecule has 1 saturated heterocycles. The summed E-state index contributed by atoms with van der Waals surface area (Å²) in [4.78, 5) is 6.94. The van der Waals surface area contributed by atoms with Gasteiger partial charge < -0.3 is 28.4 Å². The van der Waals surface area contributed by atoms with Crippen molar-refractivity contribution in [3.8, 4) is 34.8 Å². The van der Waals surface area contributed by atoms with E-state index < -0.39 is 0 Å². The number of methoxy groups -OCH3 is 4. The number of rotatable bonds is 10. The minimum atomic E-state index is 0.476. The third-order valence-corrected chi connectivity index (χ3v) is 7.21. The predicted octanol–water partition coefficient (Wildman–Crippen LogP) is 4.60. The molecule has 0 amide bonds. The highest BCUT2D eigenvalue weighted by molar-refractivity contribution is 6.00. The number of pyridine rings is 1. The lowest BCUT2D eigenvalue weighted by Gasteiger charge is -2.26. The van der Waals surface area contributed by atoms with Gasteiger partial charge in [0.15, 0.2) is 23.0 Å². The van der Waals surface area contributed by atoms with E-state index in [1.807, 2.05) is 30.3 Å². The van der Waals surface area contributed by atoms with Crippen molar-refractivity contribution in [3.05, 3.63) is 59.3 Å². The summed E-state index contributed by atoms with van der Waals surface area (Å²) in [5, 5.41) is 12.8. The van der Waals surface area contributed by atoms with Crippen molar-refractivity contribution in [3.63, 3.8) is 0 Å². The van der Waals surface area contributed by atoms with Gasteiger partial charge in [-0.1, -0.05) is 0 Å². The summed E-state index contributed by atoms with van der Waals surface area (Å²) in [6.07, 6.45) is 2.11. The fraction of sp³-hybridized carbons (Fsp3) is 0.355. The van der Waals surface area contributed by atoms with Crippen LogP contribution >= 0.6 is 0 Å². The predicted molar refractivity (Wildman–Crippen MR) is 152 cm³/mol. The Bertz CT molecular complexity index is 1530. The van der Waals surface area contributed by atoms with E-state index >= 15 is 0 Å². The number of hydrogen-bond acceptors (Lipinski definition) is 9. The topological polar surface area (TPSA) is 95.3 Å². The molecule has 1 aromatic heterocycles. The molecule has 5 rings (SSSR count). The molecule has 0 saturated carbocycles. The maximum Gasteiger partial charge on any atom is 0.203 e. The van der Waals surface area contributed by atoms with Gasteiger partial charge in [0.25, 0.3) is 0 Å². The standard InChI is InChI=1S/C31H33N3O6/c1-35-27-16-21-14-25-24(11-20-12-29(36-2)31(38-4)30(13-20)37-3)23(18-32)19-33-26(25)15-22(21)17-28(27)40-10-7-34-5-8-39-9-6-34/h12-17,19H,5-11H2,1-4H3. The zero-order valence-electron chi connectivity index (χ0n) is 23.3. The summed E-state index contributed by atoms with van der Waals surface area (Å²) in [5.74, 6) is 2.99. The van der Waals surface area contributed by atoms with Gasteiger partial charge in [0, 0.05) is 31.2 Å². The van der Waals surface area contributed by atoms with Crippen molar-refractivity contribution in [1.82, 2.24) is 9.88 Å². The van der Waals surface area contributed by atoms with E-state index in [-0.39, 0.29) is 0 Å². The number of nitrogens with zero attached hydrogens (tertiary/aromatic N) is 3. The van der Waals surface area contributed by atoms with Crippen LogP contribution < -0.4 is 23.7 Å². The van der Waals surface area contributed by atoms with E-state index in [1.54, 1.807) is 34.6 Å². The highest BCUT2D eigenvalue weighted by Crippen LogP contribution is 2.40. The number of ether oxygens (including phenoxy) is 6. The van der Waals surface area contributed by atoms with E-state index in [1.165, 1.54) is 0 Å². The molecule has 0 atom stereocenters. The van der Waals surface area contributed by atoms with Crippen LogP contribution in [0, 0.1) is 11.3 Å². The Morgan fingerprint density at radius 3 is 2.17 bits per heavy atom. The average molecular weight is 544 g/mol. The first kappa shape index (κ1) is 27.3. The summed E-state index contributed by atoms with van der Waals surface area (Å²) >= 11 is 0. The smallest absolute Gasteiger partial charge is 0.203 e. The minimum Gasteiger partial charge on any atom is -0.493 e. The van der Waals surface area contributed by atoms with E-state index in [2.05, 4.69) is 22.0 Å². The number of aromatic nitrogens is 1. The molecule has 208 valence electrons. The quantitative estimate of drug-likeness (QED) is 0.266. The van der Waals surface area contributed by atoms with Crippen molar-refractivity contribution < 1.29 is 28.4 Å². The third kappa shape index (κ3) is 5.55. The minimum absolute atomic E-state index is 0.476. The molecule has 0 unspecified atom stereocenters. The van der Waals surface area contributed by atoms with Gasteiger partial charge in [-0.3, -0.25) is 9.88 Å². The maximum atomic E-state index is 9.94. The fourth-order valence-electron chi connectivity index (χ4n) is 5.11. The monoisotopic (exact) mass is 543 g/mol.